The van der Waals surface area contributed by atoms with Crippen LogP contribution in [0.1, 0.15) is 34.2 Å². The molecule has 0 aliphatic carbocycles. The second-order valence-corrected chi connectivity index (χ2v) is 9.69. The number of aromatic nitrogens is 6. The molecular formula is C28H18ClF5N6O4. The normalized spacial score (nSPS) is 12.2. The summed E-state index contributed by atoms with van der Waals surface area (Å²) in [6.07, 6.45) is -0.290. The number of alkyl halides is 3. The maximum Gasteiger partial charge on any atom is 0.436 e. The lowest BCUT2D eigenvalue weighted by Gasteiger charge is -2.17. The van der Waals surface area contributed by atoms with Crippen molar-refractivity contribution in [2.45, 2.75) is 18.6 Å². The molecule has 1 atom stereocenters. The molecule has 44 heavy (non-hydrogen) atoms. The zero-order valence-corrected chi connectivity index (χ0v) is 23.0. The number of rotatable bonds is 8. The molecule has 0 bridgehead atoms. The molecular weight excluding hydrogens is 615 g/mol. The number of halogens is 6. The number of hydrogen-bond acceptors (Lipinski definition) is 7. The van der Waals surface area contributed by atoms with E-state index in [4.69, 9.17) is 21.4 Å². The quantitative estimate of drug-likeness (QED) is 0.163. The van der Waals surface area contributed by atoms with Crippen LogP contribution in [0.3, 0.4) is 0 Å². The minimum atomic E-state index is -4.77. The Balaban J connectivity index is 1.52. The van der Waals surface area contributed by atoms with Crippen LogP contribution in [0.15, 0.2) is 67.3 Å². The van der Waals surface area contributed by atoms with Gasteiger partial charge in [-0.1, -0.05) is 28.9 Å². The molecule has 3 aromatic heterocycles. The minimum Gasteiger partial charge on any atom is -0.478 e. The van der Waals surface area contributed by atoms with Gasteiger partial charge in [0.15, 0.2) is 11.5 Å². The smallest absolute Gasteiger partial charge is 0.436 e. The largest absolute Gasteiger partial charge is 0.478 e. The van der Waals surface area contributed by atoms with E-state index in [2.05, 4.69) is 20.4 Å². The van der Waals surface area contributed by atoms with E-state index in [1.807, 2.05) is 0 Å². The van der Waals surface area contributed by atoms with E-state index in [-0.39, 0.29) is 34.0 Å². The number of carboxylic acids is 1. The Hall–Kier alpha value is -5.18. The van der Waals surface area contributed by atoms with Crippen molar-refractivity contribution in [3.63, 3.8) is 0 Å². The number of methoxy groups -OCH3 is 1. The predicted octanol–water partition coefficient (Wildman–Crippen LogP) is 5.99. The van der Waals surface area contributed by atoms with E-state index in [0.29, 0.717) is 17.3 Å². The molecule has 0 saturated carbocycles. The van der Waals surface area contributed by atoms with Crippen molar-refractivity contribution in [2.75, 3.05) is 7.11 Å². The topological polar surface area (TPSA) is 125 Å². The maximum atomic E-state index is 15.3. The number of pyridine rings is 1. The highest BCUT2D eigenvalue weighted by molar-refractivity contribution is 6.31. The van der Waals surface area contributed by atoms with Crippen molar-refractivity contribution >= 4 is 23.5 Å². The summed E-state index contributed by atoms with van der Waals surface area (Å²) in [6, 6.07) is 8.02. The summed E-state index contributed by atoms with van der Waals surface area (Å²) in [6.45, 7) is 0. The SMILES string of the molecule is COC(=O)CC(c1ccc(-c2c(-n3cc(C(F)(F)F)nn3)ccc(Cl)c2F)cn1)n1cc(-c2ccc(C(=O)O)c(F)c2)cn1. The van der Waals surface area contributed by atoms with Crippen LogP contribution < -0.4 is 0 Å². The van der Waals surface area contributed by atoms with Gasteiger partial charge in [-0.05, 0) is 35.9 Å². The van der Waals surface area contributed by atoms with Gasteiger partial charge in [-0.15, -0.1) is 5.10 Å². The van der Waals surface area contributed by atoms with Crippen LogP contribution in [0.4, 0.5) is 22.0 Å². The van der Waals surface area contributed by atoms with Crippen molar-refractivity contribution in [2.24, 2.45) is 0 Å². The monoisotopic (exact) mass is 632 g/mol. The van der Waals surface area contributed by atoms with Crippen LogP contribution in [0, 0.1) is 11.6 Å². The highest BCUT2D eigenvalue weighted by Crippen LogP contribution is 2.35. The average Bonchev–Trinajstić information content (AvgIpc) is 3.68. The van der Waals surface area contributed by atoms with Crippen molar-refractivity contribution < 1.29 is 41.4 Å². The fraction of sp³-hybridized carbons (Fsp3) is 0.143. The highest BCUT2D eigenvalue weighted by Gasteiger charge is 2.35. The first kappa shape index (κ1) is 30.3. The molecule has 226 valence electrons. The van der Waals surface area contributed by atoms with E-state index in [0.717, 1.165) is 22.9 Å². The lowest BCUT2D eigenvalue weighted by Crippen LogP contribution is -2.18. The first-order valence-corrected chi connectivity index (χ1v) is 12.8. The summed E-state index contributed by atoms with van der Waals surface area (Å²) in [5.74, 6) is -3.93. The lowest BCUT2D eigenvalue weighted by atomic mass is 10.0. The second kappa shape index (κ2) is 11.8. The molecule has 3 heterocycles. The van der Waals surface area contributed by atoms with E-state index in [1.165, 1.54) is 54.6 Å². The Morgan fingerprint density at radius 2 is 1.77 bits per heavy atom. The number of aromatic carboxylic acids is 1. The lowest BCUT2D eigenvalue weighted by molar-refractivity contribution is -0.142. The summed E-state index contributed by atoms with van der Waals surface area (Å²) in [5.41, 5.74) is -0.949. The van der Waals surface area contributed by atoms with Crippen molar-refractivity contribution in [3.05, 3.63) is 101 Å². The van der Waals surface area contributed by atoms with Gasteiger partial charge in [0.1, 0.15) is 11.9 Å². The molecule has 1 N–H and O–H groups in total. The molecule has 0 spiro atoms. The molecule has 1 unspecified atom stereocenters. The fourth-order valence-corrected chi connectivity index (χ4v) is 4.53. The molecule has 0 fully saturated rings. The van der Waals surface area contributed by atoms with Crippen LogP contribution in [0.2, 0.25) is 5.02 Å². The number of esters is 1. The van der Waals surface area contributed by atoms with Crippen LogP contribution in [0.25, 0.3) is 27.9 Å². The third-order valence-electron chi connectivity index (χ3n) is 6.56. The number of benzene rings is 2. The molecule has 0 aliphatic rings. The fourth-order valence-electron chi connectivity index (χ4n) is 4.37. The standard InChI is InChI=1S/C28H18ClF5N6O4/c1-44-24(41)9-22(39-12-16(11-36-39)14-2-4-17(27(42)43)19(30)8-14)20-6-3-15(10-35-20)25-21(7-5-18(29)26(25)31)40-13-23(37-38-40)28(32,33)34/h2-8,10-13,22H,9H2,1H3,(H,42,43). The van der Waals surface area contributed by atoms with E-state index in [1.54, 1.807) is 0 Å². The van der Waals surface area contributed by atoms with Gasteiger partial charge in [0.05, 0.1) is 47.9 Å². The Morgan fingerprint density at radius 1 is 1.02 bits per heavy atom. The molecule has 5 rings (SSSR count). The van der Waals surface area contributed by atoms with Gasteiger partial charge in [0.25, 0.3) is 0 Å². The molecule has 5 aromatic rings. The summed E-state index contributed by atoms with van der Waals surface area (Å²) in [7, 11) is 1.19. The molecule has 16 heteroatoms. The highest BCUT2D eigenvalue weighted by atomic mass is 35.5. The third kappa shape index (κ3) is 5.99. The predicted molar refractivity (Wildman–Crippen MR) is 144 cm³/mol. The maximum absolute atomic E-state index is 15.3. The van der Waals surface area contributed by atoms with E-state index < -0.39 is 47.0 Å². The van der Waals surface area contributed by atoms with Gasteiger partial charge in [0.2, 0.25) is 0 Å². The summed E-state index contributed by atoms with van der Waals surface area (Å²) in [4.78, 5) is 27.8. The van der Waals surface area contributed by atoms with E-state index >= 15 is 4.39 Å². The van der Waals surface area contributed by atoms with Crippen LogP contribution in [-0.2, 0) is 15.7 Å². The Bertz CT molecular complexity index is 1870. The molecule has 0 radical (unpaired) electrons. The van der Waals surface area contributed by atoms with Gasteiger partial charge >= 0.3 is 18.1 Å². The van der Waals surface area contributed by atoms with Gasteiger partial charge in [-0.3, -0.25) is 14.5 Å². The van der Waals surface area contributed by atoms with Crippen LogP contribution in [-0.4, -0.2) is 53.9 Å². The number of carboxylic acid groups (broad SMARTS) is 1. The Morgan fingerprint density at radius 3 is 2.39 bits per heavy atom. The molecule has 0 saturated heterocycles. The zero-order valence-electron chi connectivity index (χ0n) is 22.3. The van der Waals surface area contributed by atoms with Gasteiger partial charge in [-0.2, -0.15) is 18.3 Å². The first-order chi connectivity index (χ1) is 20.9. The number of nitrogens with zero attached hydrogens (tertiary/aromatic N) is 6. The van der Waals surface area contributed by atoms with Gasteiger partial charge < -0.3 is 9.84 Å². The van der Waals surface area contributed by atoms with Crippen molar-refractivity contribution in [3.8, 4) is 27.9 Å². The second-order valence-electron chi connectivity index (χ2n) is 9.28. The molecule has 0 aliphatic heterocycles. The molecule has 2 aromatic carbocycles. The zero-order chi connectivity index (χ0) is 31.8. The summed E-state index contributed by atoms with van der Waals surface area (Å²) in [5, 5.41) is 19.6. The van der Waals surface area contributed by atoms with Crippen molar-refractivity contribution in [1.29, 1.82) is 0 Å². The molecule has 0 amide bonds. The number of ether oxygens (including phenoxy) is 1. The Labute approximate surface area is 249 Å². The first-order valence-electron chi connectivity index (χ1n) is 12.5. The third-order valence-corrected chi connectivity index (χ3v) is 6.85. The van der Waals surface area contributed by atoms with Gasteiger partial charge in [-0.25, -0.2) is 18.3 Å². The summed E-state index contributed by atoms with van der Waals surface area (Å²) >= 11 is 5.99. The van der Waals surface area contributed by atoms with Crippen molar-refractivity contribution in [1.82, 2.24) is 29.8 Å². The number of hydrogen-bond donors (Lipinski definition) is 1. The van der Waals surface area contributed by atoms with E-state index in [9.17, 15) is 27.2 Å². The van der Waals surface area contributed by atoms with Crippen LogP contribution >= 0.6 is 11.6 Å². The Kier molecular flexibility index (Phi) is 8.15. The number of carbonyl (C=O) groups is 2. The minimum absolute atomic E-state index is 0.0894. The van der Waals surface area contributed by atoms with Gasteiger partial charge in [0, 0.05) is 29.1 Å². The average molecular weight is 633 g/mol. The number of carbonyl (C=O) groups excluding carboxylic acids is 1. The summed E-state index contributed by atoms with van der Waals surface area (Å²) < 4.78 is 75.9. The molecule has 10 nitrogen and oxygen atoms in total. The van der Waals surface area contributed by atoms with Crippen LogP contribution in [0.5, 0.6) is 0 Å².